The molecule has 4 rings (SSSR count). The van der Waals surface area contributed by atoms with Gasteiger partial charge in [0.2, 0.25) is 5.96 Å². The van der Waals surface area contributed by atoms with Crippen LogP contribution in [0.15, 0.2) is 96.0 Å². The van der Waals surface area contributed by atoms with E-state index in [1.54, 1.807) is 24.3 Å². The molecular weight excluding hydrogens is 568 g/mol. The van der Waals surface area contributed by atoms with Gasteiger partial charge in [-0.1, -0.05) is 91.0 Å². The molecule has 0 bridgehead atoms. The van der Waals surface area contributed by atoms with Crippen molar-refractivity contribution in [2.45, 2.75) is 44.6 Å². The molecule has 0 saturated heterocycles. The molecule has 1 fully saturated rings. The van der Waals surface area contributed by atoms with Gasteiger partial charge in [0.25, 0.3) is 0 Å². The molecule has 4 N–H and O–H groups in total. The average molecular weight is 603 g/mol. The van der Waals surface area contributed by atoms with E-state index < -0.39 is 29.8 Å². The van der Waals surface area contributed by atoms with Crippen molar-refractivity contribution in [3.8, 4) is 0 Å². The lowest BCUT2D eigenvalue weighted by Crippen LogP contribution is -2.44. The maximum Gasteiger partial charge on any atom is 0.414 e. The van der Waals surface area contributed by atoms with Crippen LogP contribution in [0.1, 0.15) is 36.0 Å². The summed E-state index contributed by atoms with van der Waals surface area (Å²) in [6.07, 6.45) is -1.92. The van der Waals surface area contributed by atoms with Crippen LogP contribution in [-0.2, 0) is 38.8 Å². The molecule has 0 aromatic heterocycles. The Hall–Kier alpha value is -5.39. The number of benzene rings is 3. The number of rotatable bonds is 12. The fourth-order valence-corrected chi connectivity index (χ4v) is 4.56. The molecule has 3 amide bonds. The molecule has 1 aliphatic carbocycles. The number of carbonyl (C=O) groups excluding carboxylic acids is 3. The number of carbonyl (C=O) groups is 4. The Bertz CT molecular complexity index is 1380. The van der Waals surface area contributed by atoms with Gasteiger partial charge in [-0.3, -0.25) is 20.4 Å². The van der Waals surface area contributed by atoms with Crippen LogP contribution in [0.4, 0.5) is 14.4 Å². The molecule has 12 heteroatoms. The molecule has 3 aromatic rings. The van der Waals surface area contributed by atoms with E-state index >= 15 is 0 Å². The van der Waals surface area contributed by atoms with Crippen molar-refractivity contribution in [2.75, 3.05) is 6.54 Å². The van der Waals surface area contributed by atoms with Crippen LogP contribution in [0.2, 0.25) is 0 Å². The third-order valence-electron chi connectivity index (χ3n) is 6.88. The minimum atomic E-state index is -1.06. The van der Waals surface area contributed by atoms with Crippen molar-refractivity contribution in [3.63, 3.8) is 0 Å². The largest absolute Gasteiger partial charge is 0.481 e. The van der Waals surface area contributed by atoms with Crippen LogP contribution in [-0.4, -0.2) is 47.4 Å². The summed E-state index contributed by atoms with van der Waals surface area (Å²) in [5.74, 6) is -1.48. The highest BCUT2D eigenvalue weighted by Crippen LogP contribution is 2.48. The molecule has 44 heavy (non-hydrogen) atoms. The Morgan fingerprint density at radius 3 is 1.57 bits per heavy atom. The highest BCUT2D eigenvalue weighted by Gasteiger charge is 2.56. The number of hydrogen-bond donors (Lipinski definition) is 4. The SMILES string of the molecule is O=C(O)C[C@@]1(NC(=O)OCc2ccccc2)C[C@H]1CCN=C(NC(=O)OCc1ccccc1)NC(=O)OCc1ccccc1. The molecule has 2 atom stereocenters. The molecular formula is C32H34N4O8. The van der Waals surface area contributed by atoms with E-state index in [4.69, 9.17) is 14.2 Å². The highest BCUT2D eigenvalue weighted by molar-refractivity contribution is 6.01. The van der Waals surface area contributed by atoms with E-state index in [0.717, 1.165) is 16.7 Å². The molecule has 230 valence electrons. The van der Waals surface area contributed by atoms with Crippen LogP contribution in [0.25, 0.3) is 0 Å². The smallest absolute Gasteiger partial charge is 0.414 e. The molecule has 0 aliphatic heterocycles. The molecule has 0 heterocycles. The van der Waals surface area contributed by atoms with Crippen molar-refractivity contribution in [3.05, 3.63) is 108 Å². The number of carboxylic acids is 1. The number of guanidine groups is 1. The van der Waals surface area contributed by atoms with Gasteiger partial charge < -0.3 is 24.6 Å². The number of nitrogens with zero attached hydrogens (tertiary/aromatic N) is 1. The molecule has 1 saturated carbocycles. The maximum atomic E-state index is 12.5. The van der Waals surface area contributed by atoms with Gasteiger partial charge in [-0.15, -0.1) is 0 Å². The van der Waals surface area contributed by atoms with Gasteiger partial charge in [0, 0.05) is 6.54 Å². The Morgan fingerprint density at radius 2 is 1.14 bits per heavy atom. The van der Waals surface area contributed by atoms with Gasteiger partial charge in [-0.05, 0) is 35.4 Å². The van der Waals surface area contributed by atoms with Gasteiger partial charge in [0.05, 0.1) is 12.0 Å². The van der Waals surface area contributed by atoms with Crippen LogP contribution >= 0.6 is 0 Å². The summed E-state index contributed by atoms with van der Waals surface area (Å²) >= 11 is 0. The number of aliphatic carboxylic acids is 1. The number of aliphatic imine (C=N–C) groups is 1. The lowest BCUT2D eigenvalue weighted by atomic mass is 10.1. The first-order chi connectivity index (χ1) is 21.3. The molecule has 12 nitrogen and oxygen atoms in total. The fourth-order valence-electron chi connectivity index (χ4n) is 4.56. The monoisotopic (exact) mass is 602 g/mol. The molecule has 0 spiro atoms. The molecule has 0 radical (unpaired) electrons. The zero-order valence-electron chi connectivity index (χ0n) is 23.9. The van der Waals surface area contributed by atoms with Crippen molar-refractivity contribution < 1.29 is 38.5 Å². The third kappa shape index (κ3) is 10.5. The van der Waals surface area contributed by atoms with Crippen LogP contribution in [0.5, 0.6) is 0 Å². The summed E-state index contributed by atoms with van der Waals surface area (Å²) in [5, 5.41) is 17.0. The predicted molar refractivity (Wildman–Crippen MR) is 159 cm³/mol. The summed E-state index contributed by atoms with van der Waals surface area (Å²) in [4.78, 5) is 53.3. The van der Waals surface area contributed by atoms with Crippen LogP contribution < -0.4 is 16.0 Å². The first-order valence-corrected chi connectivity index (χ1v) is 14.0. The van der Waals surface area contributed by atoms with Gasteiger partial charge >= 0.3 is 24.2 Å². The first-order valence-electron chi connectivity index (χ1n) is 14.0. The number of carboxylic acid groups (broad SMARTS) is 1. The van der Waals surface area contributed by atoms with Crippen LogP contribution in [0, 0.1) is 5.92 Å². The minimum Gasteiger partial charge on any atom is -0.481 e. The second-order valence-corrected chi connectivity index (χ2v) is 10.2. The highest BCUT2D eigenvalue weighted by atomic mass is 16.6. The standard InChI is InChI=1S/C32H34N4O8/c37-27(38)19-32(36-31(41)44-22-25-14-8-3-9-15-25)18-26(32)16-17-33-28(34-29(39)42-20-23-10-4-1-5-11-23)35-30(40)43-21-24-12-6-2-7-13-24/h1-15,26H,16-22H2,(H,36,41)(H,37,38)(H2,33,34,35,39,40)/t26-,32+/m1/s1. The number of amides is 3. The normalized spacial score (nSPS) is 16.5. The van der Waals surface area contributed by atoms with Gasteiger partial charge in [-0.2, -0.15) is 0 Å². The molecule has 1 aliphatic rings. The van der Waals surface area contributed by atoms with Gasteiger partial charge in [0.15, 0.2) is 0 Å². The fraction of sp³-hybridized carbons (Fsp3) is 0.281. The van der Waals surface area contributed by atoms with Gasteiger partial charge in [-0.25, -0.2) is 14.4 Å². The van der Waals surface area contributed by atoms with Gasteiger partial charge in [0.1, 0.15) is 19.8 Å². The quantitative estimate of drug-likeness (QED) is 0.131. The third-order valence-corrected chi connectivity index (χ3v) is 6.88. The lowest BCUT2D eigenvalue weighted by Gasteiger charge is -2.17. The van der Waals surface area contributed by atoms with Crippen molar-refractivity contribution in [1.82, 2.24) is 16.0 Å². The molecule has 3 aromatic carbocycles. The Labute approximate surface area is 254 Å². The van der Waals surface area contributed by atoms with E-state index in [9.17, 15) is 24.3 Å². The number of hydrogen-bond acceptors (Lipinski definition) is 8. The summed E-state index contributed by atoms with van der Waals surface area (Å²) < 4.78 is 15.8. The van der Waals surface area contributed by atoms with E-state index in [0.29, 0.717) is 12.8 Å². The Balaban J connectivity index is 1.33. The van der Waals surface area contributed by atoms with Crippen molar-refractivity contribution in [2.24, 2.45) is 10.9 Å². The van der Waals surface area contributed by atoms with Crippen LogP contribution in [0.3, 0.4) is 0 Å². The minimum absolute atomic E-state index is 0.00420. The van der Waals surface area contributed by atoms with Crippen molar-refractivity contribution >= 4 is 30.2 Å². The van der Waals surface area contributed by atoms with E-state index in [1.807, 2.05) is 66.7 Å². The summed E-state index contributed by atoms with van der Waals surface area (Å²) in [5.41, 5.74) is 1.36. The number of ether oxygens (including phenoxy) is 3. The second kappa shape index (κ2) is 15.7. The summed E-state index contributed by atoms with van der Waals surface area (Å²) in [6.45, 7) is 0.154. The molecule has 0 unspecified atom stereocenters. The zero-order valence-corrected chi connectivity index (χ0v) is 23.9. The number of alkyl carbamates (subject to hydrolysis) is 3. The Kier molecular flexibility index (Phi) is 11.3. The second-order valence-electron chi connectivity index (χ2n) is 10.2. The first kappa shape index (κ1) is 31.5. The Morgan fingerprint density at radius 1 is 0.705 bits per heavy atom. The predicted octanol–water partition coefficient (Wildman–Crippen LogP) is 4.75. The number of nitrogens with one attached hydrogen (secondary N) is 3. The lowest BCUT2D eigenvalue weighted by molar-refractivity contribution is -0.137. The average Bonchev–Trinajstić information content (AvgIpc) is 3.69. The summed E-state index contributed by atoms with van der Waals surface area (Å²) in [6, 6.07) is 27.2. The topological polar surface area (TPSA) is 165 Å². The summed E-state index contributed by atoms with van der Waals surface area (Å²) in [7, 11) is 0. The maximum absolute atomic E-state index is 12.5. The van der Waals surface area contributed by atoms with Crippen molar-refractivity contribution in [1.29, 1.82) is 0 Å². The van der Waals surface area contributed by atoms with E-state index in [1.165, 1.54) is 0 Å². The van der Waals surface area contributed by atoms with E-state index in [2.05, 4.69) is 20.9 Å². The van der Waals surface area contributed by atoms with E-state index in [-0.39, 0.29) is 44.7 Å². The zero-order chi connectivity index (χ0) is 31.2.